The molecule has 0 aromatic heterocycles. The van der Waals surface area contributed by atoms with Crippen LogP contribution in [0.2, 0.25) is 0 Å². The molecule has 2 nitrogen and oxygen atoms in total. The first-order valence-corrected chi connectivity index (χ1v) is 6.55. The van der Waals surface area contributed by atoms with Gasteiger partial charge in [0.15, 0.2) is 0 Å². The molecule has 0 radical (unpaired) electrons. The molecule has 1 aromatic carbocycles. The first-order valence-electron chi connectivity index (χ1n) is 6.55. The SMILES string of the molecule is NCC1(C(O)c2ccc(F)c(C(F)(F)F)c2)CCCC1. The van der Waals surface area contributed by atoms with E-state index in [9.17, 15) is 22.7 Å². The fraction of sp³-hybridized carbons (Fsp3) is 0.571. The summed E-state index contributed by atoms with van der Waals surface area (Å²) < 4.78 is 51.4. The number of aliphatic hydroxyl groups is 1. The van der Waals surface area contributed by atoms with Crippen LogP contribution in [0.3, 0.4) is 0 Å². The fourth-order valence-electron chi connectivity index (χ4n) is 2.95. The Morgan fingerprint density at radius 1 is 1.25 bits per heavy atom. The number of aliphatic hydroxyl groups excluding tert-OH is 1. The van der Waals surface area contributed by atoms with Gasteiger partial charge in [-0.3, -0.25) is 0 Å². The zero-order valence-electron chi connectivity index (χ0n) is 10.9. The minimum atomic E-state index is -4.77. The van der Waals surface area contributed by atoms with E-state index in [4.69, 9.17) is 5.73 Å². The summed E-state index contributed by atoms with van der Waals surface area (Å²) in [7, 11) is 0. The number of alkyl halides is 3. The van der Waals surface area contributed by atoms with Gasteiger partial charge in [0.1, 0.15) is 5.82 Å². The molecule has 0 amide bonds. The normalized spacial score (nSPS) is 20.1. The topological polar surface area (TPSA) is 46.2 Å². The van der Waals surface area contributed by atoms with Crippen molar-refractivity contribution in [3.63, 3.8) is 0 Å². The Morgan fingerprint density at radius 2 is 1.85 bits per heavy atom. The van der Waals surface area contributed by atoms with Crippen molar-refractivity contribution >= 4 is 0 Å². The predicted octanol–water partition coefficient (Wildman–Crippen LogP) is 3.40. The van der Waals surface area contributed by atoms with Gasteiger partial charge >= 0.3 is 6.18 Å². The summed E-state index contributed by atoms with van der Waals surface area (Å²) >= 11 is 0. The third-order valence-corrected chi connectivity index (χ3v) is 4.20. The van der Waals surface area contributed by atoms with Crippen molar-refractivity contribution in [2.24, 2.45) is 11.1 Å². The molecule has 1 atom stereocenters. The first kappa shape index (κ1) is 15.3. The molecule has 0 saturated heterocycles. The second-order valence-corrected chi connectivity index (χ2v) is 5.41. The molecule has 6 heteroatoms. The highest BCUT2D eigenvalue weighted by Gasteiger charge is 2.41. The van der Waals surface area contributed by atoms with E-state index in [1.165, 1.54) is 6.07 Å². The van der Waals surface area contributed by atoms with Crippen molar-refractivity contribution in [1.29, 1.82) is 0 Å². The number of halogens is 4. The minimum absolute atomic E-state index is 0.0751. The standard InChI is InChI=1S/C14H17F4NO/c15-11-4-3-9(7-10(11)14(16,17)18)12(20)13(8-19)5-1-2-6-13/h3-4,7,12,20H,1-2,5-6,8,19H2. The van der Waals surface area contributed by atoms with Crippen LogP contribution in [0, 0.1) is 11.2 Å². The lowest BCUT2D eigenvalue weighted by Gasteiger charge is -2.33. The van der Waals surface area contributed by atoms with Crippen LogP contribution < -0.4 is 5.73 Å². The first-order chi connectivity index (χ1) is 9.30. The van der Waals surface area contributed by atoms with Crippen molar-refractivity contribution in [3.8, 4) is 0 Å². The molecule has 1 fully saturated rings. The summed E-state index contributed by atoms with van der Waals surface area (Å²) in [6, 6.07) is 2.64. The molecule has 1 saturated carbocycles. The lowest BCUT2D eigenvalue weighted by Crippen LogP contribution is -2.34. The van der Waals surface area contributed by atoms with Gasteiger partial charge in [0.2, 0.25) is 0 Å². The largest absolute Gasteiger partial charge is 0.419 e. The number of hydrogen-bond acceptors (Lipinski definition) is 2. The van der Waals surface area contributed by atoms with Crippen molar-refractivity contribution in [3.05, 3.63) is 35.1 Å². The fourth-order valence-corrected chi connectivity index (χ4v) is 2.95. The Bertz CT molecular complexity index is 481. The van der Waals surface area contributed by atoms with Gasteiger partial charge in [-0.05, 0) is 30.5 Å². The van der Waals surface area contributed by atoms with Crippen molar-refractivity contribution in [2.45, 2.75) is 38.0 Å². The molecular formula is C14H17F4NO. The van der Waals surface area contributed by atoms with E-state index in [1.807, 2.05) is 0 Å². The van der Waals surface area contributed by atoms with Crippen molar-refractivity contribution in [1.82, 2.24) is 0 Å². The number of hydrogen-bond donors (Lipinski definition) is 2. The van der Waals surface area contributed by atoms with Crippen LogP contribution in [-0.4, -0.2) is 11.7 Å². The zero-order chi connectivity index (χ0) is 15.0. The van der Waals surface area contributed by atoms with Crippen LogP contribution in [0.4, 0.5) is 17.6 Å². The van der Waals surface area contributed by atoms with Gasteiger partial charge in [0.05, 0.1) is 11.7 Å². The molecule has 112 valence electrons. The van der Waals surface area contributed by atoms with Crippen molar-refractivity contribution in [2.75, 3.05) is 6.54 Å². The zero-order valence-corrected chi connectivity index (χ0v) is 10.9. The monoisotopic (exact) mass is 291 g/mol. The van der Waals surface area contributed by atoms with E-state index in [2.05, 4.69) is 0 Å². The molecule has 1 unspecified atom stereocenters. The molecule has 20 heavy (non-hydrogen) atoms. The summed E-state index contributed by atoms with van der Waals surface area (Å²) in [5, 5.41) is 10.4. The highest BCUT2D eigenvalue weighted by atomic mass is 19.4. The van der Waals surface area contributed by atoms with Gasteiger partial charge in [-0.15, -0.1) is 0 Å². The van der Waals surface area contributed by atoms with E-state index in [1.54, 1.807) is 0 Å². The van der Waals surface area contributed by atoms with Crippen LogP contribution >= 0.6 is 0 Å². The maximum Gasteiger partial charge on any atom is 0.419 e. The van der Waals surface area contributed by atoms with Gasteiger partial charge in [0, 0.05) is 12.0 Å². The third-order valence-electron chi connectivity index (χ3n) is 4.20. The predicted molar refractivity (Wildman–Crippen MR) is 66.3 cm³/mol. The summed E-state index contributed by atoms with van der Waals surface area (Å²) in [5.41, 5.74) is 3.84. The second-order valence-electron chi connectivity index (χ2n) is 5.41. The molecule has 0 heterocycles. The lowest BCUT2D eigenvalue weighted by molar-refractivity contribution is -0.140. The lowest BCUT2D eigenvalue weighted by atomic mass is 9.77. The van der Waals surface area contributed by atoms with Gasteiger partial charge < -0.3 is 10.8 Å². The summed E-state index contributed by atoms with van der Waals surface area (Å²) in [6.07, 6.45) is -2.75. The Hall–Kier alpha value is -1.14. The highest BCUT2D eigenvalue weighted by Crippen LogP contribution is 2.47. The molecule has 1 aliphatic carbocycles. The quantitative estimate of drug-likeness (QED) is 0.838. The average molecular weight is 291 g/mol. The van der Waals surface area contributed by atoms with E-state index < -0.39 is 29.1 Å². The maximum atomic E-state index is 13.3. The summed E-state index contributed by atoms with van der Waals surface area (Å²) in [6.45, 7) is 0.201. The van der Waals surface area contributed by atoms with E-state index in [0.717, 1.165) is 18.9 Å². The van der Waals surface area contributed by atoms with E-state index in [0.29, 0.717) is 18.9 Å². The Morgan fingerprint density at radius 3 is 2.35 bits per heavy atom. The number of rotatable bonds is 3. The molecule has 3 N–H and O–H groups in total. The maximum absolute atomic E-state index is 13.3. The molecule has 1 aliphatic rings. The van der Waals surface area contributed by atoms with Crippen LogP contribution in [0.25, 0.3) is 0 Å². The molecule has 0 aliphatic heterocycles. The van der Waals surface area contributed by atoms with Crippen LogP contribution in [0.15, 0.2) is 18.2 Å². The summed E-state index contributed by atoms with van der Waals surface area (Å²) in [5.74, 6) is -1.33. The average Bonchev–Trinajstić information content (AvgIpc) is 2.87. The molecule has 1 aromatic rings. The van der Waals surface area contributed by atoms with Gasteiger partial charge in [-0.1, -0.05) is 18.9 Å². The highest BCUT2D eigenvalue weighted by molar-refractivity contribution is 5.30. The second kappa shape index (κ2) is 5.33. The summed E-state index contributed by atoms with van der Waals surface area (Å²) in [4.78, 5) is 0. The van der Waals surface area contributed by atoms with Crippen LogP contribution in [0.1, 0.15) is 42.9 Å². The molecule has 0 bridgehead atoms. The van der Waals surface area contributed by atoms with E-state index in [-0.39, 0.29) is 12.1 Å². The Kier molecular flexibility index (Phi) is 4.07. The third kappa shape index (κ3) is 2.67. The molecule has 2 rings (SSSR count). The Labute approximate surface area is 114 Å². The molecular weight excluding hydrogens is 274 g/mol. The number of benzene rings is 1. The Balaban J connectivity index is 2.38. The molecule has 0 spiro atoms. The van der Waals surface area contributed by atoms with Gasteiger partial charge in [-0.2, -0.15) is 13.2 Å². The number of nitrogens with two attached hydrogens (primary N) is 1. The van der Waals surface area contributed by atoms with Gasteiger partial charge in [0.25, 0.3) is 0 Å². The van der Waals surface area contributed by atoms with Gasteiger partial charge in [-0.25, -0.2) is 4.39 Å². The smallest absolute Gasteiger partial charge is 0.388 e. The minimum Gasteiger partial charge on any atom is -0.388 e. The van der Waals surface area contributed by atoms with Crippen LogP contribution in [-0.2, 0) is 6.18 Å². The van der Waals surface area contributed by atoms with Crippen LogP contribution in [0.5, 0.6) is 0 Å². The van der Waals surface area contributed by atoms with E-state index >= 15 is 0 Å². The van der Waals surface area contributed by atoms with Crippen molar-refractivity contribution < 1.29 is 22.7 Å².